The molecule has 0 saturated carbocycles. The van der Waals surface area contributed by atoms with E-state index in [9.17, 15) is 13.6 Å². The second-order valence-electron chi connectivity index (χ2n) is 6.66. The molecule has 2 aromatic heterocycles. The van der Waals surface area contributed by atoms with Crippen LogP contribution < -0.4 is 10.1 Å². The van der Waals surface area contributed by atoms with Crippen LogP contribution in [0.1, 0.15) is 33.7 Å². The highest BCUT2D eigenvalue weighted by Gasteiger charge is 2.15. The van der Waals surface area contributed by atoms with E-state index < -0.39 is 18.2 Å². The van der Waals surface area contributed by atoms with E-state index in [2.05, 4.69) is 20.3 Å². The first-order valence-corrected chi connectivity index (χ1v) is 9.17. The Morgan fingerprint density at radius 1 is 1.23 bits per heavy atom. The molecule has 4 aromatic rings. The van der Waals surface area contributed by atoms with Gasteiger partial charge in [0.2, 0.25) is 5.88 Å². The summed E-state index contributed by atoms with van der Waals surface area (Å²) in [7, 11) is 0. The van der Waals surface area contributed by atoms with Crippen LogP contribution in [0.5, 0.6) is 11.6 Å². The van der Waals surface area contributed by atoms with Crippen molar-refractivity contribution in [3.8, 4) is 17.7 Å². The Morgan fingerprint density at radius 2 is 2.06 bits per heavy atom. The van der Waals surface area contributed by atoms with Gasteiger partial charge in [0.05, 0.1) is 11.0 Å². The Hall–Kier alpha value is -4.32. The highest BCUT2D eigenvalue weighted by Crippen LogP contribution is 2.27. The van der Waals surface area contributed by atoms with E-state index in [1.54, 1.807) is 37.3 Å². The largest absolute Gasteiger partial charge is 0.438 e. The zero-order chi connectivity index (χ0) is 22.0. The van der Waals surface area contributed by atoms with Gasteiger partial charge in [0.25, 0.3) is 12.3 Å². The van der Waals surface area contributed by atoms with Crippen LogP contribution in [0.2, 0.25) is 0 Å². The summed E-state index contributed by atoms with van der Waals surface area (Å²) in [5.74, 6) is -0.184. The molecule has 2 aromatic carbocycles. The Morgan fingerprint density at radius 3 is 2.81 bits per heavy atom. The number of carbonyl (C=O) groups is 1. The summed E-state index contributed by atoms with van der Waals surface area (Å²) in [6.45, 7) is 1.79. The molecular weight excluding hydrogens is 404 g/mol. The number of H-pyrrole nitrogens is 1. The molecule has 0 spiro atoms. The first-order chi connectivity index (χ1) is 14.9. The minimum atomic E-state index is -2.72. The Labute approximate surface area is 175 Å². The highest BCUT2D eigenvalue weighted by atomic mass is 19.3. The molecule has 0 aliphatic rings. The predicted molar refractivity (Wildman–Crippen MR) is 109 cm³/mol. The van der Waals surface area contributed by atoms with Crippen molar-refractivity contribution in [2.45, 2.75) is 13.3 Å². The minimum absolute atomic E-state index is 0.192. The van der Waals surface area contributed by atoms with Crippen LogP contribution in [-0.4, -0.2) is 20.9 Å². The number of benzene rings is 2. The number of aromatic nitrogens is 3. The van der Waals surface area contributed by atoms with Crippen LogP contribution in [-0.2, 0) is 0 Å². The maximum absolute atomic E-state index is 12.8. The molecule has 0 aliphatic heterocycles. The molecule has 0 unspecified atom stereocenters. The van der Waals surface area contributed by atoms with Gasteiger partial charge in [-0.2, -0.15) is 5.26 Å². The fourth-order valence-corrected chi connectivity index (χ4v) is 2.98. The number of ether oxygens (including phenoxy) is 1. The first kappa shape index (κ1) is 20.0. The number of pyridine rings is 1. The topological polar surface area (TPSA) is 104 Å². The maximum atomic E-state index is 12.8. The number of nitriles is 1. The van der Waals surface area contributed by atoms with Crippen LogP contribution in [0.15, 0.2) is 54.7 Å². The van der Waals surface area contributed by atoms with Gasteiger partial charge in [0.15, 0.2) is 5.82 Å². The SMILES string of the molecule is Cc1cc(Oc2ncccc2C#N)ccc1NC(=O)c1ccc2nc(C(F)F)[nH]c2c1. The van der Waals surface area contributed by atoms with Crippen molar-refractivity contribution in [1.82, 2.24) is 15.0 Å². The van der Waals surface area contributed by atoms with Crippen LogP contribution in [0, 0.1) is 18.3 Å². The molecule has 9 heteroatoms. The van der Waals surface area contributed by atoms with Gasteiger partial charge >= 0.3 is 0 Å². The summed E-state index contributed by atoms with van der Waals surface area (Å²) < 4.78 is 31.3. The third-order valence-corrected chi connectivity index (χ3v) is 4.52. The van der Waals surface area contributed by atoms with E-state index in [0.29, 0.717) is 33.6 Å². The van der Waals surface area contributed by atoms with Gasteiger partial charge in [0.1, 0.15) is 17.4 Å². The molecule has 0 atom stereocenters. The van der Waals surface area contributed by atoms with Gasteiger partial charge in [-0.05, 0) is 61.0 Å². The lowest BCUT2D eigenvalue weighted by Gasteiger charge is -2.11. The molecule has 0 saturated heterocycles. The molecule has 0 aliphatic carbocycles. The summed E-state index contributed by atoms with van der Waals surface area (Å²) in [6.07, 6.45) is -1.19. The number of alkyl halides is 2. The van der Waals surface area contributed by atoms with Crippen LogP contribution in [0.4, 0.5) is 14.5 Å². The van der Waals surface area contributed by atoms with Crippen LogP contribution in [0.25, 0.3) is 11.0 Å². The fraction of sp³-hybridized carbons (Fsp3) is 0.0909. The number of imidazole rings is 1. The second kappa shape index (κ2) is 8.20. The lowest BCUT2D eigenvalue weighted by Crippen LogP contribution is -2.12. The van der Waals surface area contributed by atoms with E-state index in [-0.39, 0.29) is 5.88 Å². The molecule has 1 amide bonds. The molecule has 7 nitrogen and oxygen atoms in total. The van der Waals surface area contributed by atoms with Crippen molar-refractivity contribution in [1.29, 1.82) is 5.26 Å². The Kier molecular flexibility index (Phi) is 5.28. The number of hydrogen-bond donors (Lipinski definition) is 2. The summed E-state index contributed by atoms with van der Waals surface area (Å²) in [4.78, 5) is 23.0. The predicted octanol–water partition coefficient (Wildman–Crippen LogP) is 5.12. The smallest absolute Gasteiger partial charge is 0.295 e. The fourth-order valence-electron chi connectivity index (χ4n) is 2.98. The molecule has 0 radical (unpaired) electrons. The monoisotopic (exact) mass is 419 g/mol. The number of aromatic amines is 1. The molecule has 4 rings (SSSR count). The van der Waals surface area contributed by atoms with Crippen molar-refractivity contribution in [2.75, 3.05) is 5.32 Å². The van der Waals surface area contributed by atoms with Crippen molar-refractivity contribution in [2.24, 2.45) is 0 Å². The highest BCUT2D eigenvalue weighted by molar-refractivity contribution is 6.06. The third kappa shape index (κ3) is 4.18. The maximum Gasteiger partial charge on any atom is 0.295 e. The summed E-state index contributed by atoms with van der Waals surface area (Å²) in [5.41, 5.74) is 2.59. The lowest BCUT2D eigenvalue weighted by atomic mass is 10.1. The number of anilines is 1. The number of amides is 1. The van der Waals surface area contributed by atoms with E-state index in [1.807, 2.05) is 6.07 Å². The zero-order valence-corrected chi connectivity index (χ0v) is 16.2. The number of halogens is 2. The van der Waals surface area contributed by atoms with Gasteiger partial charge in [-0.15, -0.1) is 0 Å². The van der Waals surface area contributed by atoms with Gasteiger partial charge < -0.3 is 15.0 Å². The molecule has 154 valence electrons. The number of rotatable bonds is 5. The number of fused-ring (bicyclic) bond motifs is 1. The van der Waals surface area contributed by atoms with Crippen LogP contribution >= 0.6 is 0 Å². The number of nitrogens with zero attached hydrogens (tertiary/aromatic N) is 3. The Bertz CT molecular complexity index is 1330. The van der Waals surface area contributed by atoms with E-state index in [1.165, 1.54) is 24.4 Å². The molecule has 0 fully saturated rings. The van der Waals surface area contributed by atoms with Crippen molar-refractivity contribution >= 4 is 22.6 Å². The molecule has 2 heterocycles. The van der Waals surface area contributed by atoms with E-state index in [0.717, 1.165) is 5.56 Å². The van der Waals surface area contributed by atoms with Crippen LogP contribution in [0.3, 0.4) is 0 Å². The van der Waals surface area contributed by atoms with E-state index >= 15 is 0 Å². The van der Waals surface area contributed by atoms with Gasteiger partial charge in [0, 0.05) is 17.4 Å². The number of nitrogens with one attached hydrogen (secondary N) is 2. The lowest BCUT2D eigenvalue weighted by molar-refractivity contribution is 0.102. The van der Waals surface area contributed by atoms with Crippen molar-refractivity contribution in [3.05, 3.63) is 77.2 Å². The standard InChI is InChI=1S/C22H15F2N5O2/c1-12-9-15(31-22-14(11-25)3-2-8-26-22)5-7-16(12)29-21(30)13-4-6-17-18(10-13)28-20(27-17)19(23)24/h2-10,19H,1H3,(H,27,28)(H,29,30). The van der Waals surface area contributed by atoms with Crippen molar-refractivity contribution in [3.63, 3.8) is 0 Å². The summed E-state index contributed by atoms with van der Waals surface area (Å²) in [5, 5.41) is 11.9. The average molecular weight is 419 g/mol. The second-order valence-corrected chi connectivity index (χ2v) is 6.66. The molecule has 0 bridgehead atoms. The molecular formula is C22H15F2N5O2. The zero-order valence-electron chi connectivity index (χ0n) is 16.2. The van der Waals surface area contributed by atoms with Gasteiger partial charge in [-0.3, -0.25) is 4.79 Å². The summed E-state index contributed by atoms with van der Waals surface area (Å²) in [6, 6.07) is 14.8. The number of hydrogen-bond acceptors (Lipinski definition) is 5. The molecule has 31 heavy (non-hydrogen) atoms. The quantitative estimate of drug-likeness (QED) is 0.467. The average Bonchev–Trinajstić information content (AvgIpc) is 3.20. The summed E-state index contributed by atoms with van der Waals surface area (Å²) >= 11 is 0. The third-order valence-electron chi connectivity index (χ3n) is 4.52. The molecule has 2 N–H and O–H groups in total. The number of aryl methyl sites for hydroxylation is 1. The first-order valence-electron chi connectivity index (χ1n) is 9.17. The van der Waals surface area contributed by atoms with Gasteiger partial charge in [-0.25, -0.2) is 18.7 Å². The van der Waals surface area contributed by atoms with Gasteiger partial charge in [-0.1, -0.05) is 0 Å². The minimum Gasteiger partial charge on any atom is -0.438 e. The Balaban J connectivity index is 1.52. The normalized spacial score (nSPS) is 10.8. The van der Waals surface area contributed by atoms with Crippen molar-refractivity contribution < 1.29 is 18.3 Å². The van der Waals surface area contributed by atoms with E-state index in [4.69, 9.17) is 10.00 Å². The number of carbonyl (C=O) groups excluding carboxylic acids is 1.